The number of rotatable bonds is 11. The van der Waals surface area contributed by atoms with Crippen molar-refractivity contribution in [3.63, 3.8) is 0 Å². The van der Waals surface area contributed by atoms with Gasteiger partial charge in [0.1, 0.15) is 0 Å². The van der Waals surface area contributed by atoms with E-state index in [-0.39, 0.29) is 35.7 Å². The third-order valence-corrected chi connectivity index (χ3v) is 3.69. The van der Waals surface area contributed by atoms with Crippen molar-refractivity contribution >= 4 is 35.8 Å². The van der Waals surface area contributed by atoms with E-state index in [1.807, 2.05) is 20.8 Å². The van der Waals surface area contributed by atoms with Gasteiger partial charge >= 0.3 is 23.9 Å². The van der Waals surface area contributed by atoms with E-state index in [2.05, 4.69) is 13.8 Å². The van der Waals surface area contributed by atoms with Crippen LogP contribution in [0, 0.1) is 11.8 Å². The van der Waals surface area contributed by atoms with E-state index < -0.39 is 11.9 Å². The molecular weight excluding hydrogens is 427 g/mol. The number of carbonyl (C=O) groups is 2. The SMILES string of the molecule is CCCCC(CC)C(=O)[O-].CCCCC(CC)C(=O)[O-].CCCO.[Sn+2]. The predicted octanol–water partition coefficient (Wildman–Crippen LogP) is 1.91. The van der Waals surface area contributed by atoms with Crippen LogP contribution in [0.5, 0.6) is 0 Å². The first-order valence-corrected chi connectivity index (χ1v) is 9.38. The number of hydrogen-bond donors (Lipinski definition) is 1. The molecule has 0 saturated carbocycles. The zero-order chi connectivity index (χ0) is 19.4. The molecule has 6 heteroatoms. The average molecular weight is 465 g/mol. The fourth-order valence-corrected chi connectivity index (χ4v) is 1.88. The van der Waals surface area contributed by atoms with E-state index >= 15 is 0 Å². The Balaban J connectivity index is -0.000000141. The minimum absolute atomic E-state index is 0. The maximum Gasteiger partial charge on any atom is 2.00 e. The second-order valence-corrected chi connectivity index (χ2v) is 5.86. The third kappa shape index (κ3) is 26.0. The van der Waals surface area contributed by atoms with Gasteiger partial charge in [0.05, 0.1) is 0 Å². The molecule has 0 aliphatic rings. The Morgan fingerprint density at radius 3 is 1.16 bits per heavy atom. The maximum absolute atomic E-state index is 10.3. The molecule has 2 atom stereocenters. The standard InChI is InChI=1S/2C8H16O2.C3H8O.Sn/c2*1-3-5-6-7(4-2)8(9)10;1-2-3-4;/h2*7H,3-6H2,1-2H3,(H,9,10);4H,2-3H2,1H3;/q;;;+2/p-2. The number of unbranched alkanes of at least 4 members (excludes halogenated alkanes) is 2. The molecule has 148 valence electrons. The molecule has 0 aromatic heterocycles. The van der Waals surface area contributed by atoms with Gasteiger partial charge in [0.2, 0.25) is 0 Å². The molecule has 0 aromatic carbocycles. The van der Waals surface area contributed by atoms with Crippen LogP contribution in [0.1, 0.15) is 92.4 Å². The van der Waals surface area contributed by atoms with Crippen LogP contribution in [-0.4, -0.2) is 47.6 Å². The second kappa shape index (κ2) is 25.9. The van der Waals surface area contributed by atoms with Gasteiger partial charge in [-0.15, -0.1) is 0 Å². The van der Waals surface area contributed by atoms with Gasteiger partial charge in [-0.1, -0.05) is 60.3 Å². The molecule has 0 spiro atoms. The van der Waals surface area contributed by atoms with E-state index in [0.29, 0.717) is 19.4 Å². The summed E-state index contributed by atoms with van der Waals surface area (Å²) in [7, 11) is 0. The zero-order valence-corrected chi connectivity index (χ0v) is 19.7. The summed E-state index contributed by atoms with van der Waals surface area (Å²) in [5, 5.41) is 28.5. The summed E-state index contributed by atoms with van der Waals surface area (Å²) >= 11 is 0. The van der Waals surface area contributed by atoms with Crippen LogP contribution < -0.4 is 10.2 Å². The van der Waals surface area contributed by atoms with Gasteiger partial charge in [0.15, 0.2) is 0 Å². The molecule has 0 aliphatic heterocycles. The van der Waals surface area contributed by atoms with E-state index in [1.54, 1.807) is 0 Å². The molecule has 1 N–H and O–H groups in total. The molecule has 5 nitrogen and oxygen atoms in total. The summed E-state index contributed by atoms with van der Waals surface area (Å²) in [5.41, 5.74) is 0. The van der Waals surface area contributed by atoms with Crippen LogP contribution in [0.3, 0.4) is 0 Å². The van der Waals surface area contributed by atoms with Gasteiger partial charge in [-0.2, -0.15) is 0 Å². The summed E-state index contributed by atoms with van der Waals surface area (Å²) in [6, 6.07) is 0. The molecule has 0 bridgehead atoms. The van der Waals surface area contributed by atoms with Gasteiger partial charge in [0.25, 0.3) is 0 Å². The number of carbonyl (C=O) groups excluding carboxylic acids is 2. The van der Waals surface area contributed by atoms with E-state index in [4.69, 9.17) is 5.11 Å². The number of hydrogen-bond acceptors (Lipinski definition) is 5. The van der Waals surface area contributed by atoms with Crippen molar-refractivity contribution in [2.24, 2.45) is 11.8 Å². The van der Waals surface area contributed by atoms with Gasteiger partial charge < -0.3 is 24.9 Å². The Morgan fingerprint density at radius 2 is 1.04 bits per heavy atom. The fraction of sp³-hybridized carbons (Fsp3) is 0.895. The summed E-state index contributed by atoms with van der Waals surface area (Å²) in [4.78, 5) is 20.7. The van der Waals surface area contributed by atoms with Gasteiger partial charge in [0, 0.05) is 18.5 Å². The molecule has 25 heavy (non-hydrogen) atoms. The molecule has 0 aromatic rings. The minimum atomic E-state index is -0.893. The van der Waals surface area contributed by atoms with Crippen molar-refractivity contribution in [1.29, 1.82) is 0 Å². The molecular formula is C19H38O5Sn. The van der Waals surface area contributed by atoms with Crippen molar-refractivity contribution < 1.29 is 24.9 Å². The van der Waals surface area contributed by atoms with Crippen molar-refractivity contribution in [2.45, 2.75) is 92.4 Å². The van der Waals surface area contributed by atoms with Crippen LogP contribution >= 0.6 is 0 Å². The molecule has 2 radical (unpaired) electrons. The Hall–Kier alpha value is -0.301. The second-order valence-electron chi connectivity index (χ2n) is 5.86. The van der Waals surface area contributed by atoms with Crippen LogP contribution in [0.2, 0.25) is 0 Å². The summed E-state index contributed by atoms with van der Waals surface area (Å²) in [6.07, 6.45) is 7.92. The van der Waals surface area contributed by atoms with Crippen LogP contribution in [-0.2, 0) is 9.59 Å². The Kier molecular flexibility index (Phi) is 33.6. The first-order chi connectivity index (χ1) is 11.4. The van der Waals surface area contributed by atoms with Gasteiger partial charge in [-0.3, -0.25) is 0 Å². The van der Waals surface area contributed by atoms with Crippen molar-refractivity contribution in [2.75, 3.05) is 6.61 Å². The first kappa shape index (κ1) is 32.4. The number of aliphatic hydroxyl groups excluding tert-OH is 1. The van der Waals surface area contributed by atoms with Crippen LogP contribution in [0.15, 0.2) is 0 Å². The summed E-state index contributed by atoms with van der Waals surface area (Å²) in [6.45, 7) is 10.1. The molecule has 0 rings (SSSR count). The van der Waals surface area contributed by atoms with E-state index in [9.17, 15) is 19.8 Å². The first-order valence-electron chi connectivity index (χ1n) is 9.38. The van der Waals surface area contributed by atoms with Crippen LogP contribution in [0.25, 0.3) is 0 Å². The van der Waals surface area contributed by atoms with Crippen LogP contribution in [0.4, 0.5) is 0 Å². The quantitative estimate of drug-likeness (QED) is 0.470. The van der Waals surface area contributed by atoms with Crippen molar-refractivity contribution in [3.05, 3.63) is 0 Å². The topological polar surface area (TPSA) is 100 Å². The molecule has 0 fully saturated rings. The number of aliphatic carboxylic acids is 2. The van der Waals surface area contributed by atoms with Gasteiger partial charge in [-0.05, 0) is 43.9 Å². The molecule has 2 unspecified atom stereocenters. The van der Waals surface area contributed by atoms with Crippen molar-refractivity contribution in [1.82, 2.24) is 0 Å². The zero-order valence-electron chi connectivity index (χ0n) is 16.8. The summed E-state index contributed by atoms with van der Waals surface area (Å²) < 4.78 is 0. The average Bonchev–Trinajstić information content (AvgIpc) is 2.56. The summed E-state index contributed by atoms with van der Waals surface area (Å²) in [5.74, 6) is -2.23. The number of carboxylic acids is 2. The smallest absolute Gasteiger partial charge is 0.550 e. The fourth-order valence-electron chi connectivity index (χ4n) is 1.88. The predicted molar refractivity (Wildman–Crippen MR) is 99.8 cm³/mol. The normalized spacial score (nSPS) is 11.6. The number of carboxylic acid groups (broad SMARTS) is 2. The Morgan fingerprint density at radius 1 is 0.760 bits per heavy atom. The Labute approximate surface area is 171 Å². The van der Waals surface area contributed by atoms with Gasteiger partial charge in [-0.25, -0.2) is 0 Å². The monoisotopic (exact) mass is 466 g/mol. The van der Waals surface area contributed by atoms with Crippen molar-refractivity contribution in [3.8, 4) is 0 Å². The van der Waals surface area contributed by atoms with E-state index in [0.717, 1.165) is 44.9 Å². The molecule has 0 saturated heterocycles. The van der Waals surface area contributed by atoms with E-state index in [1.165, 1.54) is 0 Å². The minimum Gasteiger partial charge on any atom is -0.550 e. The Bertz CT molecular complexity index is 257. The molecule has 0 heterocycles. The molecule has 0 aliphatic carbocycles. The number of aliphatic hydroxyl groups is 1. The maximum atomic E-state index is 10.3. The molecule has 0 amide bonds. The third-order valence-electron chi connectivity index (χ3n) is 3.69. The largest absolute Gasteiger partial charge is 2.00 e.